The van der Waals surface area contributed by atoms with Crippen LogP contribution in [-0.2, 0) is 25.9 Å². The number of hydrogen-bond donors (Lipinski definition) is 1. The van der Waals surface area contributed by atoms with Gasteiger partial charge in [-0.3, -0.25) is 0 Å². The Bertz CT molecular complexity index is 435. The molecule has 0 radical (unpaired) electrons. The molecule has 0 saturated heterocycles. The van der Waals surface area contributed by atoms with Crippen LogP contribution >= 0.6 is 0 Å². The van der Waals surface area contributed by atoms with E-state index < -0.39 is 0 Å². The Labute approximate surface area is 116 Å². The van der Waals surface area contributed by atoms with Crippen LogP contribution in [-0.4, -0.2) is 16.1 Å². The van der Waals surface area contributed by atoms with Crippen LogP contribution in [0.25, 0.3) is 0 Å². The predicted octanol–water partition coefficient (Wildman–Crippen LogP) is 2.92. The first-order valence-electron chi connectivity index (χ1n) is 8.07. The largest absolute Gasteiger partial charge is 0.331 e. The van der Waals surface area contributed by atoms with Crippen LogP contribution in [0.1, 0.15) is 56.7 Å². The average Bonchev–Trinajstić information content (AvgIpc) is 2.96. The van der Waals surface area contributed by atoms with Crippen molar-refractivity contribution >= 4 is 0 Å². The molecule has 106 valence electrons. The van der Waals surface area contributed by atoms with Crippen molar-refractivity contribution in [2.45, 2.75) is 65.5 Å². The number of hydrogen-bond acceptors (Lipinski definition) is 2. The second-order valence-corrected chi connectivity index (χ2v) is 6.38. The first-order valence-corrected chi connectivity index (χ1v) is 8.07. The molecule has 1 aromatic heterocycles. The maximum Gasteiger partial charge on any atom is 0.109 e. The maximum atomic E-state index is 4.91. The molecule has 19 heavy (non-hydrogen) atoms. The lowest BCUT2D eigenvalue weighted by atomic mass is 9.97. The zero-order chi connectivity index (χ0) is 13.2. The number of fused-ring (bicyclic) bond motifs is 1. The molecule has 3 heteroatoms. The lowest BCUT2D eigenvalue weighted by Gasteiger charge is -2.21. The Morgan fingerprint density at radius 2 is 2.26 bits per heavy atom. The fourth-order valence-corrected chi connectivity index (χ4v) is 3.78. The number of imidazole rings is 1. The second kappa shape index (κ2) is 5.66. The number of nitrogens with zero attached hydrogens (tertiary/aromatic N) is 2. The molecule has 0 aromatic carbocycles. The normalized spacial score (nSPS) is 26.6. The molecule has 3 rings (SSSR count). The van der Waals surface area contributed by atoms with E-state index in [0.29, 0.717) is 0 Å². The highest BCUT2D eigenvalue weighted by Gasteiger charge is 2.27. The highest BCUT2D eigenvalue weighted by atomic mass is 15.1. The summed E-state index contributed by atoms with van der Waals surface area (Å²) in [6.07, 6.45) is 7.75. The summed E-state index contributed by atoms with van der Waals surface area (Å²) < 4.78 is 2.59. The number of aromatic nitrogens is 2. The number of rotatable bonds is 4. The van der Waals surface area contributed by atoms with E-state index in [2.05, 4.69) is 23.7 Å². The molecule has 0 bridgehead atoms. The van der Waals surface area contributed by atoms with E-state index in [4.69, 9.17) is 4.98 Å². The third kappa shape index (κ3) is 2.58. The molecule has 2 unspecified atom stereocenters. The van der Waals surface area contributed by atoms with Crippen LogP contribution in [0, 0.1) is 11.8 Å². The summed E-state index contributed by atoms with van der Waals surface area (Å²) in [5, 5.41) is 3.45. The molecular weight excluding hydrogens is 234 g/mol. The lowest BCUT2D eigenvalue weighted by molar-refractivity contribution is 0.352. The topological polar surface area (TPSA) is 29.9 Å². The Kier molecular flexibility index (Phi) is 3.92. The summed E-state index contributed by atoms with van der Waals surface area (Å²) in [6, 6.07) is 0. The first-order chi connectivity index (χ1) is 9.29. The summed E-state index contributed by atoms with van der Waals surface area (Å²) in [6.45, 7) is 8.00. The Morgan fingerprint density at radius 3 is 3.00 bits per heavy atom. The molecular formula is C16H27N3. The van der Waals surface area contributed by atoms with Crippen LogP contribution in [0.5, 0.6) is 0 Å². The third-order valence-corrected chi connectivity index (χ3v) is 5.00. The number of aryl methyl sites for hydroxylation is 1. The van der Waals surface area contributed by atoms with Gasteiger partial charge in [0.15, 0.2) is 0 Å². The molecule has 1 aliphatic heterocycles. The monoisotopic (exact) mass is 261 g/mol. The third-order valence-electron chi connectivity index (χ3n) is 5.00. The molecule has 2 heterocycles. The fourth-order valence-electron chi connectivity index (χ4n) is 3.78. The van der Waals surface area contributed by atoms with E-state index in [0.717, 1.165) is 37.8 Å². The quantitative estimate of drug-likeness (QED) is 0.903. The van der Waals surface area contributed by atoms with E-state index in [1.807, 2.05) is 0 Å². The lowest BCUT2D eigenvalue weighted by Crippen LogP contribution is -2.26. The minimum absolute atomic E-state index is 0.879. The average molecular weight is 261 g/mol. The fraction of sp³-hybridized carbons (Fsp3) is 0.812. The standard InChI is InChI=1S/C16H27N3/c1-3-5-16-18-14-10-17-9-8-15(14)19(16)11-13-7-4-6-12(13)2/h12-13,17H,3-11H2,1-2H3. The van der Waals surface area contributed by atoms with E-state index >= 15 is 0 Å². The van der Waals surface area contributed by atoms with Gasteiger partial charge in [-0.25, -0.2) is 4.98 Å². The molecule has 1 N–H and O–H groups in total. The van der Waals surface area contributed by atoms with Crippen molar-refractivity contribution in [1.82, 2.24) is 14.9 Å². The van der Waals surface area contributed by atoms with Gasteiger partial charge in [0, 0.05) is 38.2 Å². The van der Waals surface area contributed by atoms with Gasteiger partial charge in [-0.1, -0.05) is 26.7 Å². The second-order valence-electron chi connectivity index (χ2n) is 6.38. The summed E-state index contributed by atoms with van der Waals surface area (Å²) in [4.78, 5) is 4.91. The van der Waals surface area contributed by atoms with Crippen LogP contribution < -0.4 is 5.32 Å². The van der Waals surface area contributed by atoms with Gasteiger partial charge in [-0.2, -0.15) is 0 Å². The minimum Gasteiger partial charge on any atom is -0.331 e. The van der Waals surface area contributed by atoms with Gasteiger partial charge < -0.3 is 9.88 Å². The highest BCUT2D eigenvalue weighted by Crippen LogP contribution is 2.33. The zero-order valence-corrected chi connectivity index (χ0v) is 12.4. The Hall–Kier alpha value is -0.830. The van der Waals surface area contributed by atoms with E-state index in [-0.39, 0.29) is 0 Å². The van der Waals surface area contributed by atoms with Crippen molar-refractivity contribution in [3.05, 3.63) is 17.2 Å². The van der Waals surface area contributed by atoms with Crippen LogP contribution in [0.15, 0.2) is 0 Å². The van der Waals surface area contributed by atoms with Gasteiger partial charge in [0.25, 0.3) is 0 Å². The molecule has 2 atom stereocenters. The van der Waals surface area contributed by atoms with Gasteiger partial charge in [0.1, 0.15) is 5.82 Å². The van der Waals surface area contributed by atoms with Crippen molar-refractivity contribution in [2.24, 2.45) is 11.8 Å². The minimum atomic E-state index is 0.879. The van der Waals surface area contributed by atoms with Crippen molar-refractivity contribution in [1.29, 1.82) is 0 Å². The van der Waals surface area contributed by atoms with E-state index in [1.165, 1.54) is 49.4 Å². The molecule has 0 spiro atoms. The van der Waals surface area contributed by atoms with Gasteiger partial charge >= 0.3 is 0 Å². The predicted molar refractivity (Wildman–Crippen MR) is 78.1 cm³/mol. The van der Waals surface area contributed by atoms with Gasteiger partial charge in [0.05, 0.1) is 5.69 Å². The molecule has 1 saturated carbocycles. The smallest absolute Gasteiger partial charge is 0.109 e. The van der Waals surface area contributed by atoms with E-state index in [9.17, 15) is 0 Å². The van der Waals surface area contributed by atoms with Crippen molar-refractivity contribution < 1.29 is 0 Å². The molecule has 2 aliphatic rings. The summed E-state index contributed by atoms with van der Waals surface area (Å²) >= 11 is 0. The summed E-state index contributed by atoms with van der Waals surface area (Å²) in [5.74, 6) is 3.12. The van der Waals surface area contributed by atoms with Crippen molar-refractivity contribution in [3.8, 4) is 0 Å². The van der Waals surface area contributed by atoms with E-state index in [1.54, 1.807) is 0 Å². The Morgan fingerprint density at radius 1 is 1.37 bits per heavy atom. The van der Waals surface area contributed by atoms with Gasteiger partial charge in [-0.15, -0.1) is 0 Å². The summed E-state index contributed by atoms with van der Waals surface area (Å²) in [5.41, 5.74) is 2.85. The number of nitrogens with one attached hydrogen (secondary N) is 1. The SMILES string of the molecule is CCCc1nc2c(n1CC1CCCC1C)CCNC2. The van der Waals surface area contributed by atoms with Crippen LogP contribution in [0.2, 0.25) is 0 Å². The van der Waals surface area contributed by atoms with Gasteiger partial charge in [0.2, 0.25) is 0 Å². The van der Waals surface area contributed by atoms with Crippen molar-refractivity contribution in [3.63, 3.8) is 0 Å². The van der Waals surface area contributed by atoms with Crippen LogP contribution in [0.3, 0.4) is 0 Å². The Balaban J connectivity index is 1.86. The van der Waals surface area contributed by atoms with Gasteiger partial charge in [-0.05, 0) is 24.7 Å². The highest BCUT2D eigenvalue weighted by molar-refractivity contribution is 5.20. The molecule has 1 fully saturated rings. The molecule has 1 aliphatic carbocycles. The molecule has 1 aromatic rings. The maximum absolute atomic E-state index is 4.91. The van der Waals surface area contributed by atoms with Crippen LogP contribution in [0.4, 0.5) is 0 Å². The first kappa shape index (κ1) is 13.2. The zero-order valence-electron chi connectivity index (χ0n) is 12.4. The molecule has 0 amide bonds. The van der Waals surface area contributed by atoms with Crippen molar-refractivity contribution in [2.75, 3.05) is 6.54 Å². The summed E-state index contributed by atoms with van der Waals surface area (Å²) in [7, 11) is 0. The molecule has 3 nitrogen and oxygen atoms in total.